The number of anilines is 2. The van der Waals surface area contributed by atoms with Gasteiger partial charge in [-0.2, -0.15) is 11.8 Å². The van der Waals surface area contributed by atoms with E-state index in [1.807, 2.05) is 4.90 Å². The van der Waals surface area contributed by atoms with E-state index in [9.17, 15) is 8.42 Å². The fourth-order valence-electron chi connectivity index (χ4n) is 2.44. The fourth-order valence-corrected chi connectivity index (χ4v) is 5.41. The fraction of sp³-hybridized carbons (Fsp3) is 0.500. The van der Waals surface area contributed by atoms with Crippen LogP contribution in [0.4, 0.5) is 11.6 Å². The third-order valence-electron chi connectivity index (χ3n) is 3.55. The summed E-state index contributed by atoms with van der Waals surface area (Å²) in [6.45, 7) is 2.29. The molecule has 0 radical (unpaired) electrons. The smallest absolute Gasteiger partial charge is 0.180 e. The maximum Gasteiger partial charge on any atom is 0.180 e. The Morgan fingerprint density at radius 1 is 1.52 bits per heavy atom. The lowest BCUT2D eigenvalue weighted by molar-refractivity contribution is 0.579. The standard InChI is InChI=1S/C12H17N5O2S2/c1-2-21(18,19)10-8-20-6-5-17(10)12-11-14-3-4-16(11)7-9(13)15-12/h3-4,7,10H,2,5-6,8,13H2,1H3. The van der Waals surface area contributed by atoms with Crippen LogP contribution in [0, 0.1) is 0 Å². The molecule has 0 spiro atoms. The molecule has 0 aliphatic carbocycles. The van der Waals surface area contributed by atoms with E-state index in [4.69, 9.17) is 5.73 Å². The van der Waals surface area contributed by atoms with Crippen LogP contribution in [0.15, 0.2) is 18.6 Å². The van der Waals surface area contributed by atoms with E-state index in [0.29, 0.717) is 29.6 Å². The minimum atomic E-state index is -3.20. The second-order valence-electron chi connectivity index (χ2n) is 4.82. The number of nitrogens with two attached hydrogens (primary N) is 1. The molecule has 1 saturated heterocycles. The topological polar surface area (TPSA) is 93.6 Å². The minimum absolute atomic E-state index is 0.113. The molecule has 2 N–H and O–H groups in total. The zero-order valence-electron chi connectivity index (χ0n) is 11.6. The van der Waals surface area contributed by atoms with Crippen LogP contribution < -0.4 is 10.6 Å². The van der Waals surface area contributed by atoms with Crippen molar-refractivity contribution in [1.29, 1.82) is 0 Å². The number of sulfone groups is 1. The van der Waals surface area contributed by atoms with Crippen molar-refractivity contribution in [2.45, 2.75) is 12.3 Å². The highest BCUT2D eigenvalue weighted by Gasteiger charge is 2.35. The first-order valence-electron chi connectivity index (χ1n) is 6.68. The zero-order valence-corrected chi connectivity index (χ0v) is 13.3. The largest absolute Gasteiger partial charge is 0.382 e. The number of hydrogen-bond donors (Lipinski definition) is 1. The van der Waals surface area contributed by atoms with Crippen molar-refractivity contribution >= 4 is 38.9 Å². The van der Waals surface area contributed by atoms with Crippen molar-refractivity contribution < 1.29 is 8.42 Å². The van der Waals surface area contributed by atoms with Gasteiger partial charge < -0.3 is 15.0 Å². The van der Waals surface area contributed by atoms with Gasteiger partial charge in [0.25, 0.3) is 0 Å². The van der Waals surface area contributed by atoms with Gasteiger partial charge >= 0.3 is 0 Å². The summed E-state index contributed by atoms with van der Waals surface area (Å²) in [6.07, 6.45) is 5.11. The number of fused-ring (bicyclic) bond motifs is 1. The van der Waals surface area contributed by atoms with E-state index in [0.717, 1.165) is 5.75 Å². The van der Waals surface area contributed by atoms with E-state index in [-0.39, 0.29) is 5.75 Å². The van der Waals surface area contributed by atoms with Crippen LogP contribution in [0.25, 0.3) is 5.65 Å². The average molecular weight is 327 g/mol. The third-order valence-corrected chi connectivity index (χ3v) is 6.84. The van der Waals surface area contributed by atoms with Crippen LogP contribution in [0.3, 0.4) is 0 Å². The first-order chi connectivity index (χ1) is 10.0. The predicted octanol–water partition coefficient (Wildman–Crippen LogP) is 0.625. The highest BCUT2D eigenvalue weighted by atomic mass is 32.2. The van der Waals surface area contributed by atoms with Crippen molar-refractivity contribution in [3.63, 3.8) is 0 Å². The molecule has 0 amide bonds. The third kappa shape index (κ3) is 2.55. The maximum absolute atomic E-state index is 12.4. The molecule has 0 aromatic carbocycles. The summed E-state index contributed by atoms with van der Waals surface area (Å²) in [6, 6.07) is 0. The molecule has 2 aromatic heterocycles. The van der Waals surface area contributed by atoms with Crippen molar-refractivity contribution in [3.05, 3.63) is 18.6 Å². The second kappa shape index (κ2) is 5.38. The van der Waals surface area contributed by atoms with Crippen molar-refractivity contribution in [1.82, 2.24) is 14.4 Å². The Morgan fingerprint density at radius 3 is 3.10 bits per heavy atom. The van der Waals surface area contributed by atoms with Gasteiger partial charge in [-0.3, -0.25) is 0 Å². The summed E-state index contributed by atoms with van der Waals surface area (Å²) < 4.78 is 26.5. The second-order valence-corrected chi connectivity index (χ2v) is 8.42. The molecule has 7 nitrogen and oxygen atoms in total. The lowest BCUT2D eigenvalue weighted by atomic mass is 10.4. The molecule has 1 fully saturated rings. The first-order valence-corrected chi connectivity index (χ1v) is 9.55. The van der Waals surface area contributed by atoms with Crippen LogP contribution in [0.1, 0.15) is 6.92 Å². The van der Waals surface area contributed by atoms with Gasteiger partial charge in [0, 0.05) is 36.2 Å². The Balaban J connectivity index is 2.12. The molecule has 21 heavy (non-hydrogen) atoms. The first kappa shape index (κ1) is 14.5. The molecule has 3 rings (SSSR count). The summed E-state index contributed by atoms with van der Waals surface area (Å²) in [5.74, 6) is 2.41. The van der Waals surface area contributed by atoms with Gasteiger partial charge in [0.2, 0.25) is 0 Å². The summed E-state index contributed by atoms with van der Waals surface area (Å²) in [5.41, 5.74) is 6.47. The highest BCUT2D eigenvalue weighted by molar-refractivity contribution is 8.01. The summed E-state index contributed by atoms with van der Waals surface area (Å²) in [5, 5.41) is -0.573. The molecule has 0 bridgehead atoms. The van der Waals surface area contributed by atoms with E-state index < -0.39 is 15.2 Å². The van der Waals surface area contributed by atoms with Gasteiger partial charge in [0.15, 0.2) is 21.3 Å². The molecule has 114 valence electrons. The molecule has 1 aliphatic rings. The Morgan fingerprint density at radius 2 is 2.33 bits per heavy atom. The highest BCUT2D eigenvalue weighted by Crippen LogP contribution is 2.29. The van der Waals surface area contributed by atoms with Gasteiger partial charge in [-0.15, -0.1) is 0 Å². The quantitative estimate of drug-likeness (QED) is 0.883. The monoisotopic (exact) mass is 327 g/mol. The molecule has 1 unspecified atom stereocenters. The molecule has 1 aliphatic heterocycles. The molecular weight excluding hydrogens is 310 g/mol. The Bertz CT molecular complexity index is 758. The number of nitrogens with zero attached hydrogens (tertiary/aromatic N) is 4. The van der Waals surface area contributed by atoms with E-state index >= 15 is 0 Å². The molecule has 3 heterocycles. The minimum Gasteiger partial charge on any atom is -0.382 e. The lowest BCUT2D eigenvalue weighted by Crippen LogP contribution is -2.48. The Kier molecular flexibility index (Phi) is 3.70. The van der Waals surface area contributed by atoms with Gasteiger partial charge in [0.1, 0.15) is 11.2 Å². The number of imidazole rings is 1. The van der Waals surface area contributed by atoms with Crippen LogP contribution in [-0.4, -0.2) is 52.0 Å². The van der Waals surface area contributed by atoms with Crippen molar-refractivity contribution in [2.24, 2.45) is 0 Å². The summed E-state index contributed by atoms with van der Waals surface area (Å²) in [4.78, 5) is 10.4. The van der Waals surface area contributed by atoms with Crippen LogP contribution in [-0.2, 0) is 9.84 Å². The lowest BCUT2D eigenvalue weighted by Gasteiger charge is -2.35. The maximum atomic E-state index is 12.4. The summed E-state index contributed by atoms with van der Waals surface area (Å²) >= 11 is 1.65. The number of nitrogen functional groups attached to an aromatic ring is 1. The van der Waals surface area contributed by atoms with Gasteiger partial charge in [-0.1, -0.05) is 6.92 Å². The Hall–Kier alpha value is -1.48. The zero-order chi connectivity index (χ0) is 15.0. The van der Waals surface area contributed by atoms with Gasteiger partial charge in [-0.25, -0.2) is 18.4 Å². The molecule has 2 aromatic rings. The van der Waals surface area contributed by atoms with Crippen LogP contribution in [0.2, 0.25) is 0 Å². The predicted molar refractivity (Wildman–Crippen MR) is 85.3 cm³/mol. The SMILES string of the molecule is CCS(=O)(=O)C1CSCCN1c1nc(N)cn2ccnc12. The molecule has 9 heteroatoms. The van der Waals surface area contributed by atoms with E-state index in [1.165, 1.54) is 0 Å². The van der Waals surface area contributed by atoms with Crippen molar-refractivity contribution in [3.8, 4) is 0 Å². The molecule has 0 saturated carbocycles. The average Bonchev–Trinajstić information content (AvgIpc) is 2.94. The van der Waals surface area contributed by atoms with Crippen LogP contribution in [0.5, 0.6) is 0 Å². The van der Waals surface area contributed by atoms with E-state index in [2.05, 4.69) is 9.97 Å². The number of hydrogen-bond acceptors (Lipinski definition) is 7. The summed E-state index contributed by atoms with van der Waals surface area (Å²) in [7, 11) is -3.20. The van der Waals surface area contributed by atoms with Crippen molar-refractivity contribution in [2.75, 3.05) is 34.4 Å². The van der Waals surface area contributed by atoms with Crippen LogP contribution >= 0.6 is 11.8 Å². The van der Waals surface area contributed by atoms with Gasteiger partial charge in [0.05, 0.1) is 6.20 Å². The number of rotatable bonds is 3. The number of aromatic nitrogens is 3. The molecule has 1 atom stereocenters. The number of thioether (sulfide) groups is 1. The van der Waals surface area contributed by atoms with Gasteiger partial charge in [-0.05, 0) is 0 Å². The van der Waals surface area contributed by atoms with E-state index in [1.54, 1.807) is 41.7 Å². The normalized spacial score (nSPS) is 20.0. The molecular formula is C12H17N5O2S2. The Labute approximate surface area is 127 Å².